The van der Waals surface area contributed by atoms with E-state index in [1.165, 1.54) is 129 Å². The van der Waals surface area contributed by atoms with Gasteiger partial charge in [-0.25, -0.2) is 0 Å². The van der Waals surface area contributed by atoms with Crippen LogP contribution in [-0.2, 0) is 0 Å². The summed E-state index contributed by atoms with van der Waals surface area (Å²) in [5.74, 6) is 0. The van der Waals surface area contributed by atoms with E-state index in [0.29, 0.717) is 0 Å². The Labute approximate surface area is 229 Å². The van der Waals surface area contributed by atoms with E-state index in [4.69, 9.17) is 0 Å². The second-order valence-corrected chi connectivity index (χ2v) is 19.2. The molecule has 0 saturated heterocycles. The molecule has 34 heavy (non-hydrogen) atoms. The van der Waals surface area contributed by atoms with Gasteiger partial charge in [-0.15, -0.1) is 0 Å². The Bertz CT molecular complexity index is 418. The van der Waals surface area contributed by atoms with Gasteiger partial charge < -0.3 is 0 Å². The fourth-order valence-corrected chi connectivity index (χ4v) is 17.2. The number of halogens is 1. The summed E-state index contributed by atoms with van der Waals surface area (Å²) in [6, 6.07) is 0. The van der Waals surface area contributed by atoms with Crippen LogP contribution in [-0.4, -0.2) is 71.0 Å². The van der Waals surface area contributed by atoms with Crippen LogP contribution in [0, 0.1) is 0 Å². The molecule has 0 aliphatic carbocycles. The van der Waals surface area contributed by atoms with Gasteiger partial charge in [-0.05, 0) is 0 Å². The maximum absolute atomic E-state index is 3.12. The van der Waals surface area contributed by atoms with E-state index >= 15 is 0 Å². The number of nitrogens with zero attached hydrogens (tertiary/aromatic N) is 4. The van der Waals surface area contributed by atoms with Gasteiger partial charge in [0.15, 0.2) is 0 Å². The SMILES string of the molecule is CCCCCCCN(CCC)P(I)(N(CCC)CCC)(N(CCC)CCC)N(CCC)CCC. The molecule has 0 saturated carbocycles. The zero-order valence-electron chi connectivity index (χ0n) is 24.8. The predicted molar refractivity (Wildman–Crippen MR) is 168 cm³/mol. The summed E-state index contributed by atoms with van der Waals surface area (Å²) in [4.78, 5) is -2.75. The van der Waals surface area contributed by atoms with E-state index in [1.54, 1.807) is 0 Å². The van der Waals surface area contributed by atoms with Gasteiger partial charge in [-0.3, -0.25) is 0 Å². The van der Waals surface area contributed by atoms with E-state index in [-0.39, 0.29) is 0 Å². The van der Waals surface area contributed by atoms with Gasteiger partial charge in [0.1, 0.15) is 0 Å². The Morgan fingerprint density at radius 3 is 0.882 bits per heavy atom. The van der Waals surface area contributed by atoms with Crippen molar-refractivity contribution in [2.75, 3.05) is 52.4 Å². The van der Waals surface area contributed by atoms with Gasteiger partial charge in [0.2, 0.25) is 0 Å². The van der Waals surface area contributed by atoms with Crippen molar-refractivity contribution in [3.05, 3.63) is 0 Å². The Balaban J connectivity index is 7.02. The fraction of sp³-hybridized carbons (Fsp3) is 1.00. The van der Waals surface area contributed by atoms with Crippen LogP contribution in [0.5, 0.6) is 0 Å². The van der Waals surface area contributed by atoms with Crippen molar-refractivity contribution in [1.82, 2.24) is 18.7 Å². The summed E-state index contributed by atoms with van der Waals surface area (Å²) in [6.07, 6.45) is 15.4. The molecule has 6 heteroatoms. The molecule has 0 amide bonds. The molecule has 0 aromatic heterocycles. The first kappa shape index (κ1) is 35.0. The molecule has 0 radical (unpaired) electrons. The van der Waals surface area contributed by atoms with Crippen LogP contribution in [0.15, 0.2) is 0 Å². The normalized spacial score (nSPS) is 14.0. The molecule has 0 unspecified atom stereocenters. The second-order valence-electron chi connectivity index (χ2n) is 10.1. The molecule has 0 aliphatic rings. The molecule has 0 aliphatic heterocycles. The molecule has 0 atom stereocenters. The van der Waals surface area contributed by atoms with Crippen LogP contribution >= 0.6 is 26.9 Å². The van der Waals surface area contributed by atoms with E-state index < -0.39 is 4.85 Å². The number of hydrogen-bond acceptors (Lipinski definition) is 4. The molecule has 0 aromatic rings. The molecule has 4 nitrogen and oxygen atoms in total. The van der Waals surface area contributed by atoms with Gasteiger partial charge in [-0.2, -0.15) is 0 Å². The van der Waals surface area contributed by atoms with Crippen LogP contribution < -0.4 is 0 Å². The zero-order valence-corrected chi connectivity index (χ0v) is 27.8. The van der Waals surface area contributed by atoms with E-state index in [1.807, 2.05) is 0 Å². The molecule has 0 aromatic carbocycles. The molecule has 0 fully saturated rings. The van der Waals surface area contributed by atoms with Gasteiger partial charge in [0.05, 0.1) is 0 Å². The predicted octanol–water partition coefficient (Wildman–Crippen LogP) is 9.60. The van der Waals surface area contributed by atoms with E-state index in [9.17, 15) is 0 Å². The molecular weight excluding hydrogens is 550 g/mol. The van der Waals surface area contributed by atoms with Crippen LogP contribution in [0.2, 0.25) is 0 Å². The Morgan fingerprint density at radius 1 is 0.353 bits per heavy atom. The van der Waals surface area contributed by atoms with Gasteiger partial charge in [0.25, 0.3) is 0 Å². The summed E-state index contributed by atoms with van der Waals surface area (Å²) in [6.45, 7) is 28.8. The minimum atomic E-state index is -2.75. The van der Waals surface area contributed by atoms with E-state index in [2.05, 4.69) is 96.1 Å². The van der Waals surface area contributed by atoms with Crippen molar-refractivity contribution in [3.63, 3.8) is 0 Å². The quantitative estimate of drug-likeness (QED) is 0.0610. The van der Waals surface area contributed by atoms with Crippen molar-refractivity contribution in [1.29, 1.82) is 0 Å². The van der Waals surface area contributed by atoms with Crippen molar-refractivity contribution >= 4 is 26.9 Å². The monoisotopic (exact) mass is 614 g/mol. The maximum atomic E-state index is 3.12. The first-order chi connectivity index (χ1) is 16.4. The van der Waals surface area contributed by atoms with Crippen molar-refractivity contribution in [2.45, 2.75) is 132 Å². The number of hydrogen-bond donors (Lipinski definition) is 0. The van der Waals surface area contributed by atoms with Crippen molar-refractivity contribution in [2.24, 2.45) is 0 Å². The topological polar surface area (TPSA) is 13.0 Å². The summed E-state index contributed by atoms with van der Waals surface area (Å²) >= 11 is 3.12. The standard InChI is InChI=1S/C28H64IN4P/c1-9-17-18-19-20-28-33(27-16-8)34(29,30(21-10-2)22-11-3,31(23-12-4)24-13-5)32(25-14-6)26-15-7/h9-28H2,1-8H3. The first-order valence-corrected chi connectivity index (χ1v) is 20.0. The summed E-state index contributed by atoms with van der Waals surface area (Å²) < 4.78 is 12.2. The summed E-state index contributed by atoms with van der Waals surface area (Å²) in [5.41, 5.74) is 0. The molecule has 0 bridgehead atoms. The molecule has 0 rings (SSSR count). The van der Waals surface area contributed by atoms with Crippen molar-refractivity contribution < 1.29 is 0 Å². The minimum absolute atomic E-state index is 1.21. The van der Waals surface area contributed by atoms with Crippen LogP contribution in [0.1, 0.15) is 132 Å². The van der Waals surface area contributed by atoms with Crippen LogP contribution in [0.3, 0.4) is 0 Å². The third-order valence-electron chi connectivity index (χ3n) is 6.84. The number of unbranched alkanes of at least 4 members (excludes halogenated alkanes) is 4. The second kappa shape index (κ2) is 20.0. The molecule has 0 heterocycles. The first-order valence-electron chi connectivity index (χ1n) is 15.2. The zero-order chi connectivity index (χ0) is 25.9. The summed E-state index contributed by atoms with van der Waals surface area (Å²) in [7, 11) is 0. The molecule has 208 valence electrons. The fourth-order valence-electron chi connectivity index (χ4n) is 5.60. The Hall–Kier alpha value is 1.00. The Kier molecular flexibility index (Phi) is 20.6. The van der Waals surface area contributed by atoms with Crippen LogP contribution in [0.25, 0.3) is 0 Å². The van der Waals surface area contributed by atoms with Crippen molar-refractivity contribution in [3.8, 4) is 0 Å². The summed E-state index contributed by atoms with van der Waals surface area (Å²) in [5, 5.41) is 0. The average molecular weight is 615 g/mol. The molecular formula is C28H64IN4P. The average Bonchev–Trinajstić information content (AvgIpc) is 2.82. The third kappa shape index (κ3) is 9.08. The molecule has 0 N–H and O–H groups in total. The van der Waals surface area contributed by atoms with E-state index in [0.717, 1.165) is 0 Å². The Morgan fingerprint density at radius 2 is 0.618 bits per heavy atom. The number of rotatable bonds is 24. The van der Waals surface area contributed by atoms with Gasteiger partial charge in [-0.1, -0.05) is 0 Å². The van der Waals surface area contributed by atoms with Gasteiger partial charge >= 0.3 is 230 Å². The van der Waals surface area contributed by atoms with Crippen LogP contribution in [0.4, 0.5) is 0 Å². The third-order valence-corrected chi connectivity index (χ3v) is 19.7. The molecule has 0 spiro atoms. The van der Waals surface area contributed by atoms with Gasteiger partial charge in [0, 0.05) is 0 Å².